The molecule has 0 heterocycles. The number of hydrogen-bond acceptors (Lipinski definition) is 4. The molecule has 0 fully saturated rings. The van der Waals surface area contributed by atoms with Crippen molar-refractivity contribution in [2.75, 3.05) is 22.8 Å². The molecule has 0 amide bonds. The smallest absolute Gasteiger partial charge is 0.261 e. The zero-order chi connectivity index (χ0) is 20.0. The Hall–Kier alpha value is -2.99. The molecule has 0 aliphatic rings. The first-order valence-corrected chi connectivity index (χ1v) is 10.7. The molecule has 0 unspecified atom stereocenters. The molecule has 0 saturated carbocycles. The van der Waals surface area contributed by atoms with Gasteiger partial charge in [0, 0.05) is 23.6 Å². The summed E-state index contributed by atoms with van der Waals surface area (Å²) in [6.45, 7) is 5.30. The maximum atomic E-state index is 12.6. The monoisotopic (exact) mass is 396 g/mol. The second kappa shape index (κ2) is 8.80. The molecular weight excluding hydrogens is 372 g/mol. The van der Waals surface area contributed by atoms with Crippen molar-refractivity contribution in [3.05, 3.63) is 78.9 Å². The Labute approximate surface area is 166 Å². The van der Waals surface area contributed by atoms with Gasteiger partial charge in [-0.15, -0.1) is 0 Å². The van der Waals surface area contributed by atoms with E-state index in [1.807, 2.05) is 49.4 Å². The molecule has 3 aromatic carbocycles. The minimum atomic E-state index is -3.66. The molecule has 1 N–H and O–H groups in total. The normalized spacial score (nSPS) is 11.1. The Morgan fingerprint density at radius 3 is 2.00 bits per heavy atom. The summed E-state index contributed by atoms with van der Waals surface area (Å²) < 4.78 is 33.2. The van der Waals surface area contributed by atoms with Gasteiger partial charge < -0.3 is 9.64 Å². The number of nitrogens with zero attached hydrogens (tertiary/aromatic N) is 1. The fraction of sp³-hybridized carbons (Fsp3) is 0.182. The Morgan fingerprint density at radius 1 is 0.821 bits per heavy atom. The Morgan fingerprint density at radius 2 is 1.43 bits per heavy atom. The second-order valence-corrected chi connectivity index (χ2v) is 7.82. The van der Waals surface area contributed by atoms with Gasteiger partial charge in [-0.25, -0.2) is 8.42 Å². The van der Waals surface area contributed by atoms with Gasteiger partial charge in [0.05, 0.1) is 11.5 Å². The molecule has 3 rings (SSSR count). The summed E-state index contributed by atoms with van der Waals surface area (Å²) in [5, 5.41) is 0. The lowest BCUT2D eigenvalue weighted by Gasteiger charge is -2.23. The van der Waals surface area contributed by atoms with Crippen LogP contribution in [0.5, 0.6) is 5.75 Å². The lowest BCUT2D eigenvalue weighted by atomic mass is 10.2. The molecule has 0 aromatic heterocycles. The lowest BCUT2D eigenvalue weighted by molar-refractivity contribution is 0.340. The first-order chi connectivity index (χ1) is 13.5. The van der Waals surface area contributed by atoms with Crippen LogP contribution < -0.4 is 14.4 Å². The Balaban J connectivity index is 1.76. The van der Waals surface area contributed by atoms with E-state index >= 15 is 0 Å². The van der Waals surface area contributed by atoms with Crippen molar-refractivity contribution in [3.8, 4) is 5.75 Å². The van der Waals surface area contributed by atoms with E-state index in [4.69, 9.17) is 4.74 Å². The number of hydrogen-bond donors (Lipinski definition) is 1. The number of nitrogens with one attached hydrogen (secondary N) is 1. The van der Waals surface area contributed by atoms with Crippen LogP contribution in [0, 0.1) is 0 Å². The van der Waals surface area contributed by atoms with E-state index in [-0.39, 0.29) is 4.90 Å². The number of para-hydroxylation sites is 1. The quantitative estimate of drug-likeness (QED) is 0.579. The number of rotatable bonds is 8. The summed E-state index contributed by atoms with van der Waals surface area (Å²) in [4.78, 5) is 2.35. The highest BCUT2D eigenvalue weighted by Crippen LogP contribution is 2.27. The first kappa shape index (κ1) is 19.8. The third-order valence-electron chi connectivity index (χ3n) is 4.26. The van der Waals surface area contributed by atoms with Crippen LogP contribution in [0.25, 0.3) is 0 Å². The Bertz CT molecular complexity index is 986. The largest absolute Gasteiger partial charge is 0.494 e. The molecule has 0 spiro atoms. The average Bonchev–Trinajstić information content (AvgIpc) is 2.71. The van der Waals surface area contributed by atoms with Gasteiger partial charge >= 0.3 is 0 Å². The zero-order valence-corrected chi connectivity index (χ0v) is 16.8. The summed E-state index contributed by atoms with van der Waals surface area (Å²) in [5.74, 6) is 0.645. The van der Waals surface area contributed by atoms with Crippen LogP contribution in [0.15, 0.2) is 83.8 Å². The molecule has 5 nitrogen and oxygen atoms in total. The van der Waals surface area contributed by atoms with Crippen molar-refractivity contribution in [3.63, 3.8) is 0 Å². The van der Waals surface area contributed by atoms with Crippen LogP contribution >= 0.6 is 0 Å². The van der Waals surface area contributed by atoms with Gasteiger partial charge in [-0.2, -0.15) is 0 Å². The molecule has 0 bridgehead atoms. The first-order valence-electron chi connectivity index (χ1n) is 9.22. The third-order valence-corrected chi connectivity index (χ3v) is 5.66. The van der Waals surface area contributed by atoms with Gasteiger partial charge in [0.15, 0.2) is 0 Å². The van der Waals surface area contributed by atoms with Gasteiger partial charge in [0.2, 0.25) is 0 Å². The molecule has 0 aliphatic heterocycles. The second-order valence-electron chi connectivity index (χ2n) is 6.14. The van der Waals surface area contributed by atoms with E-state index in [9.17, 15) is 8.42 Å². The molecule has 3 aromatic rings. The predicted octanol–water partition coefficient (Wildman–Crippen LogP) is 5.04. The molecule has 0 atom stereocenters. The number of anilines is 3. The minimum Gasteiger partial charge on any atom is -0.494 e. The van der Waals surface area contributed by atoms with Gasteiger partial charge in [-0.05, 0) is 74.5 Å². The topological polar surface area (TPSA) is 58.6 Å². The van der Waals surface area contributed by atoms with E-state index in [1.165, 1.54) is 12.1 Å². The van der Waals surface area contributed by atoms with E-state index in [0.29, 0.717) is 18.0 Å². The van der Waals surface area contributed by atoms with Crippen LogP contribution in [-0.4, -0.2) is 21.6 Å². The van der Waals surface area contributed by atoms with Crippen LogP contribution in [0.4, 0.5) is 17.1 Å². The van der Waals surface area contributed by atoms with Crippen molar-refractivity contribution in [1.29, 1.82) is 0 Å². The van der Waals surface area contributed by atoms with Crippen LogP contribution in [-0.2, 0) is 10.0 Å². The van der Waals surface area contributed by atoms with Gasteiger partial charge in [0.25, 0.3) is 10.0 Å². The molecule has 0 aliphatic carbocycles. The molecule has 0 radical (unpaired) electrons. The van der Waals surface area contributed by atoms with Crippen molar-refractivity contribution in [2.24, 2.45) is 0 Å². The summed E-state index contributed by atoms with van der Waals surface area (Å²) in [5.41, 5.74) is 2.60. The lowest BCUT2D eigenvalue weighted by Crippen LogP contribution is -2.16. The molecule has 146 valence electrons. The summed E-state index contributed by atoms with van der Waals surface area (Å²) in [6.07, 6.45) is 0. The highest BCUT2D eigenvalue weighted by Gasteiger charge is 2.15. The Kier molecular flexibility index (Phi) is 6.21. The van der Waals surface area contributed by atoms with Crippen molar-refractivity contribution >= 4 is 27.1 Å². The number of sulfonamides is 1. The SMILES string of the molecule is CCOc1ccc(S(=O)(=O)Nc2ccc(N(CC)c3ccccc3)cc2)cc1. The molecular formula is C22H24N2O3S. The van der Waals surface area contributed by atoms with Gasteiger partial charge in [0.1, 0.15) is 5.75 Å². The van der Waals surface area contributed by atoms with Crippen LogP contribution in [0.3, 0.4) is 0 Å². The van der Waals surface area contributed by atoms with Crippen molar-refractivity contribution in [2.45, 2.75) is 18.7 Å². The third kappa shape index (κ3) is 4.64. The van der Waals surface area contributed by atoms with Crippen molar-refractivity contribution in [1.82, 2.24) is 0 Å². The van der Waals surface area contributed by atoms with Crippen molar-refractivity contribution < 1.29 is 13.2 Å². The van der Waals surface area contributed by atoms with E-state index < -0.39 is 10.0 Å². The van der Waals surface area contributed by atoms with E-state index in [2.05, 4.69) is 16.5 Å². The maximum absolute atomic E-state index is 12.6. The fourth-order valence-electron chi connectivity index (χ4n) is 2.93. The number of benzene rings is 3. The minimum absolute atomic E-state index is 0.194. The summed E-state index contributed by atoms with van der Waals surface area (Å²) in [6, 6.07) is 23.8. The maximum Gasteiger partial charge on any atom is 0.261 e. The van der Waals surface area contributed by atoms with Gasteiger partial charge in [-0.3, -0.25) is 4.72 Å². The molecule has 6 heteroatoms. The van der Waals surface area contributed by atoms with E-state index in [0.717, 1.165) is 17.9 Å². The average molecular weight is 397 g/mol. The number of ether oxygens (including phenoxy) is 1. The zero-order valence-electron chi connectivity index (χ0n) is 16.0. The highest BCUT2D eigenvalue weighted by molar-refractivity contribution is 7.92. The predicted molar refractivity (Wildman–Crippen MR) is 114 cm³/mol. The van der Waals surface area contributed by atoms with Crippen LogP contribution in [0.2, 0.25) is 0 Å². The summed E-state index contributed by atoms with van der Waals surface area (Å²) in [7, 11) is -3.66. The molecule has 28 heavy (non-hydrogen) atoms. The fourth-order valence-corrected chi connectivity index (χ4v) is 3.99. The summed E-state index contributed by atoms with van der Waals surface area (Å²) >= 11 is 0. The van der Waals surface area contributed by atoms with E-state index in [1.54, 1.807) is 24.3 Å². The highest BCUT2D eigenvalue weighted by atomic mass is 32.2. The molecule has 0 saturated heterocycles. The van der Waals surface area contributed by atoms with Gasteiger partial charge in [-0.1, -0.05) is 18.2 Å². The standard InChI is InChI=1S/C22H24N2O3S/c1-3-24(19-8-6-5-7-9-19)20-12-10-18(11-13-20)23-28(25,26)22-16-14-21(15-17-22)27-4-2/h5-17,23H,3-4H2,1-2H3. The van der Waals surface area contributed by atoms with Crippen LogP contribution in [0.1, 0.15) is 13.8 Å².